The number of carbonyl (C=O) groups excluding carboxylic acids is 1. The molecular formula is C14H22ClN3O. The average Bonchev–Trinajstić information content (AvgIpc) is 2.40. The second kappa shape index (κ2) is 7.46. The van der Waals surface area contributed by atoms with E-state index in [0.29, 0.717) is 0 Å². The highest BCUT2D eigenvalue weighted by atomic mass is 35.5. The zero-order chi connectivity index (χ0) is 13.0. The summed E-state index contributed by atoms with van der Waals surface area (Å²) in [5, 5.41) is 3.06. The molecule has 0 saturated heterocycles. The van der Waals surface area contributed by atoms with Crippen LogP contribution in [-0.4, -0.2) is 16.9 Å². The lowest BCUT2D eigenvalue weighted by Crippen LogP contribution is -2.37. The number of aromatic nitrogens is 1. The third-order valence-corrected chi connectivity index (χ3v) is 3.69. The van der Waals surface area contributed by atoms with Crippen molar-refractivity contribution in [3.63, 3.8) is 0 Å². The summed E-state index contributed by atoms with van der Waals surface area (Å²) in [5.41, 5.74) is 6.89. The van der Waals surface area contributed by atoms with Crippen molar-refractivity contribution in [2.75, 3.05) is 0 Å². The first-order valence-corrected chi connectivity index (χ1v) is 6.62. The van der Waals surface area contributed by atoms with Crippen molar-refractivity contribution < 1.29 is 4.79 Å². The molecule has 1 aromatic rings. The van der Waals surface area contributed by atoms with E-state index < -0.39 is 0 Å². The summed E-state index contributed by atoms with van der Waals surface area (Å²) in [7, 11) is 0. The van der Waals surface area contributed by atoms with Gasteiger partial charge < -0.3 is 11.1 Å². The number of nitrogens with zero attached hydrogens (tertiary/aromatic N) is 1. The van der Waals surface area contributed by atoms with Crippen molar-refractivity contribution in [2.24, 2.45) is 11.7 Å². The summed E-state index contributed by atoms with van der Waals surface area (Å²) >= 11 is 0. The zero-order valence-electron chi connectivity index (χ0n) is 11.2. The van der Waals surface area contributed by atoms with E-state index in [2.05, 4.69) is 10.3 Å². The molecule has 4 nitrogen and oxygen atoms in total. The van der Waals surface area contributed by atoms with Crippen LogP contribution in [0.25, 0.3) is 0 Å². The lowest BCUT2D eigenvalue weighted by molar-refractivity contribution is -0.126. The van der Waals surface area contributed by atoms with E-state index in [4.69, 9.17) is 5.73 Å². The number of nitrogens with two attached hydrogens (primary N) is 1. The van der Waals surface area contributed by atoms with Gasteiger partial charge in [-0.15, -0.1) is 12.4 Å². The van der Waals surface area contributed by atoms with Gasteiger partial charge in [0.1, 0.15) is 0 Å². The van der Waals surface area contributed by atoms with Gasteiger partial charge in [-0.3, -0.25) is 9.78 Å². The number of halogens is 1. The van der Waals surface area contributed by atoms with Crippen molar-refractivity contribution in [1.29, 1.82) is 0 Å². The van der Waals surface area contributed by atoms with Crippen molar-refractivity contribution in [2.45, 2.75) is 44.7 Å². The molecule has 0 spiro atoms. The molecule has 0 aliphatic heterocycles. The van der Waals surface area contributed by atoms with Gasteiger partial charge in [0, 0.05) is 24.4 Å². The van der Waals surface area contributed by atoms with Gasteiger partial charge in [-0.05, 0) is 44.2 Å². The largest absolute Gasteiger partial charge is 0.349 e. The maximum absolute atomic E-state index is 12.1. The Morgan fingerprint density at radius 3 is 2.68 bits per heavy atom. The molecule has 3 N–H and O–H groups in total. The zero-order valence-corrected chi connectivity index (χ0v) is 12.0. The second-order valence-electron chi connectivity index (χ2n) is 5.13. The first kappa shape index (κ1) is 15.9. The van der Waals surface area contributed by atoms with E-state index in [0.717, 1.165) is 31.2 Å². The van der Waals surface area contributed by atoms with Crippen LogP contribution < -0.4 is 11.1 Å². The van der Waals surface area contributed by atoms with Gasteiger partial charge in [-0.2, -0.15) is 0 Å². The van der Waals surface area contributed by atoms with Gasteiger partial charge in [0.15, 0.2) is 0 Å². The minimum atomic E-state index is 0. The Kier molecular flexibility index (Phi) is 6.25. The van der Waals surface area contributed by atoms with Crippen LogP contribution >= 0.6 is 12.4 Å². The van der Waals surface area contributed by atoms with E-state index in [9.17, 15) is 4.79 Å². The van der Waals surface area contributed by atoms with Crippen molar-refractivity contribution in [1.82, 2.24) is 10.3 Å². The lowest BCUT2D eigenvalue weighted by Gasteiger charge is -2.26. The molecular weight excluding hydrogens is 262 g/mol. The molecule has 1 aromatic heterocycles. The molecule has 0 radical (unpaired) electrons. The molecule has 19 heavy (non-hydrogen) atoms. The van der Waals surface area contributed by atoms with Gasteiger partial charge in [0.05, 0.1) is 6.04 Å². The summed E-state index contributed by atoms with van der Waals surface area (Å²) in [6, 6.07) is 4.17. The topological polar surface area (TPSA) is 68.0 Å². The van der Waals surface area contributed by atoms with Gasteiger partial charge in [0.2, 0.25) is 5.91 Å². The number of rotatable bonds is 3. The molecule has 5 heteroatoms. The van der Waals surface area contributed by atoms with Crippen molar-refractivity contribution >= 4 is 18.3 Å². The standard InChI is InChI=1S/C14H21N3O.ClH/c1-10(12-3-2-8-16-9-12)17-14(18)11-4-6-13(15)7-5-11;/h2-3,8-11,13H,4-7,15H2,1H3,(H,17,18);1H. The monoisotopic (exact) mass is 283 g/mol. The van der Waals surface area contributed by atoms with Gasteiger partial charge in [0.25, 0.3) is 0 Å². The van der Waals surface area contributed by atoms with E-state index in [1.807, 2.05) is 19.1 Å². The Hall–Kier alpha value is -1.13. The summed E-state index contributed by atoms with van der Waals surface area (Å²) < 4.78 is 0. The molecule has 106 valence electrons. The third-order valence-electron chi connectivity index (χ3n) is 3.69. The predicted molar refractivity (Wildman–Crippen MR) is 78.0 cm³/mol. The minimum absolute atomic E-state index is 0. The molecule has 1 amide bonds. The number of pyridine rings is 1. The van der Waals surface area contributed by atoms with Gasteiger partial charge in [-0.1, -0.05) is 6.07 Å². The van der Waals surface area contributed by atoms with Crippen LogP contribution in [0.3, 0.4) is 0 Å². The maximum atomic E-state index is 12.1. The predicted octanol–water partition coefficient (Wildman–Crippen LogP) is 2.20. The summed E-state index contributed by atoms with van der Waals surface area (Å²) in [4.78, 5) is 16.2. The number of hydrogen-bond acceptors (Lipinski definition) is 3. The molecule has 1 aliphatic rings. The van der Waals surface area contributed by atoms with E-state index in [1.165, 1.54) is 0 Å². The van der Waals surface area contributed by atoms with Crippen LogP contribution in [-0.2, 0) is 4.79 Å². The Morgan fingerprint density at radius 2 is 2.11 bits per heavy atom. The average molecular weight is 284 g/mol. The molecule has 1 aliphatic carbocycles. The summed E-state index contributed by atoms with van der Waals surface area (Å²) in [6.07, 6.45) is 7.26. The highest BCUT2D eigenvalue weighted by Gasteiger charge is 2.25. The Balaban J connectivity index is 0.00000180. The fourth-order valence-electron chi connectivity index (χ4n) is 2.43. The summed E-state index contributed by atoms with van der Waals surface area (Å²) in [5.74, 6) is 0.280. The van der Waals surface area contributed by atoms with E-state index in [1.54, 1.807) is 12.4 Å². The molecule has 1 atom stereocenters. The van der Waals surface area contributed by atoms with Crippen molar-refractivity contribution in [3.8, 4) is 0 Å². The van der Waals surface area contributed by atoms with E-state index in [-0.39, 0.29) is 36.3 Å². The van der Waals surface area contributed by atoms with Crippen LogP contribution in [0.5, 0.6) is 0 Å². The number of nitrogens with one attached hydrogen (secondary N) is 1. The lowest BCUT2D eigenvalue weighted by atomic mass is 9.86. The maximum Gasteiger partial charge on any atom is 0.223 e. The Morgan fingerprint density at radius 1 is 1.42 bits per heavy atom. The number of amides is 1. The minimum Gasteiger partial charge on any atom is -0.349 e. The van der Waals surface area contributed by atoms with Crippen LogP contribution in [0.1, 0.15) is 44.2 Å². The highest BCUT2D eigenvalue weighted by Crippen LogP contribution is 2.24. The molecule has 2 rings (SSSR count). The number of carbonyl (C=O) groups is 1. The van der Waals surface area contributed by atoms with Crippen LogP contribution in [0.4, 0.5) is 0 Å². The van der Waals surface area contributed by atoms with Crippen LogP contribution in [0, 0.1) is 5.92 Å². The molecule has 1 unspecified atom stereocenters. The normalized spacial score (nSPS) is 24.1. The smallest absolute Gasteiger partial charge is 0.223 e. The molecule has 0 aromatic carbocycles. The number of hydrogen-bond donors (Lipinski definition) is 2. The highest BCUT2D eigenvalue weighted by molar-refractivity contribution is 5.85. The molecule has 1 saturated carbocycles. The Labute approximate surface area is 120 Å². The van der Waals surface area contributed by atoms with E-state index >= 15 is 0 Å². The van der Waals surface area contributed by atoms with Crippen molar-refractivity contribution in [3.05, 3.63) is 30.1 Å². The fourth-order valence-corrected chi connectivity index (χ4v) is 2.43. The van der Waals surface area contributed by atoms with Crippen LogP contribution in [0.15, 0.2) is 24.5 Å². The van der Waals surface area contributed by atoms with Gasteiger partial charge in [-0.25, -0.2) is 0 Å². The molecule has 0 bridgehead atoms. The summed E-state index contributed by atoms with van der Waals surface area (Å²) in [6.45, 7) is 1.99. The third kappa shape index (κ3) is 4.48. The molecule has 1 heterocycles. The first-order valence-electron chi connectivity index (χ1n) is 6.62. The molecule has 1 fully saturated rings. The Bertz CT molecular complexity index is 391. The van der Waals surface area contributed by atoms with Gasteiger partial charge >= 0.3 is 0 Å². The second-order valence-corrected chi connectivity index (χ2v) is 5.13. The quantitative estimate of drug-likeness (QED) is 0.893. The fraction of sp³-hybridized carbons (Fsp3) is 0.571. The van der Waals surface area contributed by atoms with Crippen LogP contribution in [0.2, 0.25) is 0 Å². The SMILES string of the molecule is CC(NC(=O)C1CCC(N)CC1)c1cccnc1.Cl. The first-order chi connectivity index (χ1) is 8.66.